The molecular formula is C9H17F2NO. The maximum absolute atomic E-state index is 12.7. The van der Waals surface area contributed by atoms with Crippen molar-refractivity contribution in [2.24, 2.45) is 0 Å². The van der Waals surface area contributed by atoms with Crippen molar-refractivity contribution in [3.63, 3.8) is 0 Å². The van der Waals surface area contributed by atoms with E-state index in [9.17, 15) is 8.78 Å². The monoisotopic (exact) mass is 193 g/mol. The zero-order valence-electron chi connectivity index (χ0n) is 8.06. The van der Waals surface area contributed by atoms with Crippen LogP contribution in [-0.4, -0.2) is 44.2 Å². The van der Waals surface area contributed by atoms with E-state index in [1.807, 2.05) is 0 Å². The molecule has 0 aromatic carbocycles. The van der Waals surface area contributed by atoms with Crippen LogP contribution in [0.1, 0.15) is 19.3 Å². The van der Waals surface area contributed by atoms with Gasteiger partial charge in [-0.2, -0.15) is 0 Å². The summed E-state index contributed by atoms with van der Waals surface area (Å²) in [6.45, 7) is 2.64. The van der Waals surface area contributed by atoms with E-state index in [0.717, 1.165) is 13.0 Å². The molecule has 0 spiro atoms. The summed E-state index contributed by atoms with van der Waals surface area (Å²) in [4.78, 5) is 2.08. The highest BCUT2D eigenvalue weighted by atomic mass is 19.3. The van der Waals surface area contributed by atoms with Gasteiger partial charge in [-0.25, -0.2) is 8.78 Å². The number of rotatable bonds is 4. The first-order chi connectivity index (χ1) is 6.14. The highest BCUT2D eigenvalue weighted by Gasteiger charge is 2.33. The number of halogens is 2. The zero-order valence-corrected chi connectivity index (χ0v) is 8.06. The second-order valence-electron chi connectivity index (χ2n) is 3.54. The van der Waals surface area contributed by atoms with Gasteiger partial charge in [-0.05, 0) is 6.42 Å². The van der Waals surface area contributed by atoms with Crippen LogP contribution in [0.5, 0.6) is 0 Å². The first-order valence-corrected chi connectivity index (χ1v) is 4.73. The van der Waals surface area contributed by atoms with Crippen molar-refractivity contribution in [1.29, 1.82) is 0 Å². The number of methoxy groups -OCH3 is 1. The minimum Gasteiger partial charge on any atom is -0.385 e. The van der Waals surface area contributed by atoms with Gasteiger partial charge in [-0.15, -0.1) is 0 Å². The molecule has 78 valence electrons. The Labute approximate surface area is 77.9 Å². The van der Waals surface area contributed by atoms with Crippen LogP contribution in [0.4, 0.5) is 8.78 Å². The number of piperidine rings is 1. The van der Waals surface area contributed by atoms with Crippen molar-refractivity contribution in [2.45, 2.75) is 25.2 Å². The highest BCUT2D eigenvalue weighted by Crippen LogP contribution is 2.27. The normalized spacial score (nSPS) is 23.3. The van der Waals surface area contributed by atoms with Crippen LogP contribution >= 0.6 is 0 Å². The van der Waals surface area contributed by atoms with Crippen molar-refractivity contribution in [2.75, 3.05) is 33.4 Å². The van der Waals surface area contributed by atoms with Gasteiger partial charge in [0.2, 0.25) is 0 Å². The van der Waals surface area contributed by atoms with Crippen molar-refractivity contribution in [3.05, 3.63) is 0 Å². The van der Waals surface area contributed by atoms with Crippen LogP contribution in [-0.2, 0) is 4.74 Å². The van der Waals surface area contributed by atoms with Crippen LogP contribution < -0.4 is 0 Å². The fourth-order valence-electron chi connectivity index (χ4n) is 1.54. The number of likely N-dealkylation sites (tertiary alicyclic amines) is 1. The lowest BCUT2D eigenvalue weighted by atomic mass is 10.1. The molecule has 0 aliphatic carbocycles. The SMILES string of the molecule is COCCCN1CCC(F)(F)CC1. The first kappa shape index (κ1) is 10.9. The van der Waals surface area contributed by atoms with Gasteiger partial charge in [0.25, 0.3) is 5.92 Å². The van der Waals surface area contributed by atoms with Crippen LogP contribution in [0, 0.1) is 0 Å². The van der Waals surface area contributed by atoms with Crippen molar-refractivity contribution >= 4 is 0 Å². The van der Waals surface area contributed by atoms with Gasteiger partial charge in [-0.3, -0.25) is 0 Å². The molecule has 0 radical (unpaired) electrons. The quantitative estimate of drug-likeness (QED) is 0.631. The van der Waals surface area contributed by atoms with Gasteiger partial charge in [0.15, 0.2) is 0 Å². The van der Waals surface area contributed by atoms with E-state index in [-0.39, 0.29) is 12.8 Å². The molecule has 1 aliphatic rings. The highest BCUT2D eigenvalue weighted by molar-refractivity contribution is 4.77. The molecule has 0 aromatic rings. The second kappa shape index (κ2) is 4.86. The zero-order chi connectivity index (χ0) is 9.73. The van der Waals surface area contributed by atoms with Crippen LogP contribution in [0.2, 0.25) is 0 Å². The Balaban J connectivity index is 2.11. The molecule has 13 heavy (non-hydrogen) atoms. The number of alkyl halides is 2. The molecular weight excluding hydrogens is 176 g/mol. The number of hydrogen-bond acceptors (Lipinski definition) is 2. The Morgan fingerprint density at radius 2 is 1.92 bits per heavy atom. The third kappa shape index (κ3) is 4.00. The molecule has 4 heteroatoms. The van der Waals surface area contributed by atoms with Gasteiger partial charge in [-0.1, -0.05) is 0 Å². The Bertz CT molecular complexity index is 143. The van der Waals surface area contributed by atoms with Crippen LogP contribution in [0.25, 0.3) is 0 Å². The van der Waals surface area contributed by atoms with Gasteiger partial charge in [0.1, 0.15) is 0 Å². The summed E-state index contributed by atoms with van der Waals surface area (Å²) in [5, 5.41) is 0. The van der Waals surface area contributed by atoms with Crippen molar-refractivity contribution < 1.29 is 13.5 Å². The maximum atomic E-state index is 12.7. The van der Waals surface area contributed by atoms with E-state index >= 15 is 0 Å². The third-order valence-electron chi connectivity index (χ3n) is 2.41. The fourth-order valence-corrected chi connectivity index (χ4v) is 1.54. The Kier molecular flexibility index (Phi) is 4.06. The van der Waals surface area contributed by atoms with Gasteiger partial charge >= 0.3 is 0 Å². The topological polar surface area (TPSA) is 12.5 Å². The van der Waals surface area contributed by atoms with Gasteiger partial charge < -0.3 is 9.64 Å². The Hall–Kier alpha value is -0.220. The number of hydrogen-bond donors (Lipinski definition) is 0. The van der Waals surface area contributed by atoms with E-state index in [1.54, 1.807) is 7.11 Å². The van der Waals surface area contributed by atoms with Crippen LogP contribution in [0.3, 0.4) is 0 Å². The standard InChI is InChI=1S/C9H17F2NO/c1-13-8-2-5-12-6-3-9(10,11)4-7-12/h2-8H2,1H3. The molecule has 1 aliphatic heterocycles. The second-order valence-corrected chi connectivity index (χ2v) is 3.54. The molecule has 1 fully saturated rings. The van der Waals surface area contributed by atoms with E-state index < -0.39 is 5.92 Å². The van der Waals surface area contributed by atoms with Crippen LogP contribution in [0.15, 0.2) is 0 Å². The number of ether oxygens (including phenoxy) is 1. The van der Waals surface area contributed by atoms with E-state index in [0.29, 0.717) is 19.7 Å². The van der Waals surface area contributed by atoms with E-state index in [1.165, 1.54) is 0 Å². The summed E-state index contributed by atoms with van der Waals surface area (Å²) >= 11 is 0. The Morgan fingerprint density at radius 3 is 2.46 bits per heavy atom. The van der Waals surface area contributed by atoms with Crippen molar-refractivity contribution in [1.82, 2.24) is 4.90 Å². The lowest BCUT2D eigenvalue weighted by Gasteiger charge is -2.31. The average Bonchev–Trinajstić information content (AvgIpc) is 2.08. The average molecular weight is 193 g/mol. The molecule has 0 N–H and O–H groups in total. The molecule has 0 aromatic heterocycles. The lowest BCUT2D eigenvalue weighted by molar-refractivity contribution is -0.0557. The van der Waals surface area contributed by atoms with Gasteiger partial charge in [0, 0.05) is 46.2 Å². The molecule has 0 bridgehead atoms. The fraction of sp³-hybridized carbons (Fsp3) is 1.00. The Morgan fingerprint density at radius 1 is 1.31 bits per heavy atom. The molecule has 1 rings (SSSR count). The largest absolute Gasteiger partial charge is 0.385 e. The molecule has 1 heterocycles. The summed E-state index contributed by atoms with van der Waals surface area (Å²) in [5.41, 5.74) is 0. The van der Waals surface area contributed by atoms with E-state index in [4.69, 9.17) is 4.74 Å². The lowest BCUT2D eigenvalue weighted by Crippen LogP contribution is -2.39. The predicted octanol–water partition coefficient (Wildman–Crippen LogP) is 1.75. The third-order valence-corrected chi connectivity index (χ3v) is 2.41. The number of nitrogens with zero attached hydrogens (tertiary/aromatic N) is 1. The summed E-state index contributed by atoms with van der Waals surface area (Å²) in [6, 6.07) is 0. The molecule has 0 unspecified atom stereocenters. The molecule has 2 nitrogen and oxygen atoms in total. The summed E-state index contributed by atoms with van der Waals surface area (Å²) in [6.07, 6.45) is 0.960. The summed E-state index contributed by atoms with van der Waals surface area (Å²) in [7, 11) is 1.66. The molecule has 0 atom stereocenters. The molecule has 0 saturated carbocycles. The van der Waals surface area contributed by atoms with E-state index in [2.05, 4.69) is 4.90 Å². The first-order valence-electron chi connectivity index (χ1n) is 4.73. The minimum atomic E-state index is -2.42. The predicted molar refractivity (Wildman–Crippen MR) is 47.1 cm³/mol. The molecule has 0 amide bonds. The smallest absolute Gasteiger partial charge is 0.250 e. The van der Waals surface area contributed by atoms with Crippen molar-refractivity contribution in [3.8, 4) is 0 Å². The minimum absolute atomic E-state index is 0.0139. The maximum Gasteiger partial charge on any atom is 0.250 e. The van der Waals surface area contributed by atoms with Gasteiger partial charge in [0.05, 0.1) is 0 Å². The summed E-state index contributed by atoms with van der Waals surface area (Å²) < 4.78 is 30.3. The summed E-state index contributed by atoms with van der Waals surface area (Å²) in [5.74, 6) is -2.42. The molecule has 1 saturated heterocycles.